The zero-order chi connectivity index (χ0) is 18.7. The van der Waals surface area contributed by atoms with Crippen molar-refractivity contribution >= 4 is 23.2 Å². The van der Waals surface area contributed by atoms with E-state index in [1.807, 2.05) is 45.0 Å². The fourth-order valence-electron chi connectivity index (χ4n) is 2.46. The Labute approximate surface area is 157 Å². The SMILES string of the molecule is Cc1cccc(Oc2ccc(NC(=O)c3cc(C)c(C)nc3Cl)cc2)c1. The second-order valence-electron chi connectivity index (χ2n) is 6.13. The van der Waals surface area contributed by atoms with E-state index in [-0.39, 0.29) is 11.1 Å². The summed E-state index contributed by atoms with van der Waals surface area (Å²) in [5, 5.41) is 3.03. The highest BCUT2D eigenvalue weighted by Gasteiger charge is 2.13. The van der Waals surface area contributed by atoms with Crippen molar-refractivity contribution in [1.82, 2.24) is 4.98 Å². The van der Waals surface area contributed by atoms with Crippen molar-refractivity contribution in [2.45, 2.75) is 20.8 Å². The van der Waals surface area contributed by atoms with Gasteiger partial charge in [0.1, 0.15) is 16.7 Å². The minimum absolute atomic E-state index is 0.199. The number of hydrogen-bond acceptors (Lipinski definition) is 3. The van der Waals surface area contributed by atoms with Gasteiger partial charge < -0.3 is 10.1 Å². The summed E-state index contributed by atoms with van der Waals surface area (Å²) in [4.78, 5) is 16.6. The molecule has 3 rings (SSSR count). The lowest BCUT2D eigenvalue weighted by Gasteiger charge is -2.10. The first-order valence-corrected chi connectivity index (χ1v) is 8.60. The van der Waals surface area contributed by atoms with Crippen LogP contribution in [0.3, 0.4) is 0 Å². The van der Waals surface area contributed by atoms with Gasteiger partial charge in [-0.15, -0.1) is 0 Å². The normalized spacial score (nSPS) is 10.5. The van der Waals surface area contributed by atoms with Gasteiger partial charge in [0.15, 0.2) is 0 Å². The van der Waals surface area contributed by atoms with Gasteiger partial charge in [-0.25, -0.2) is 4.98 Å². The first-order valence-electron chi connectivity index (χ1n) is 8.22. The Kier molecular flexibility index (Phi) is 5.24. The molecule has 0 radical (unpaired) electrons. The van der Waals surface area contributed by atoms with Crippen LogP contribution in [0, 0.1) is 20.8 Å². The molecule has 3 aromatic rings. The second kappa shape index (κ2) is 7.58. The highest BCUT2D eigenvalue weighted by Crippen LogP contribution is 2.24. The zero-order valence-corrected chi connectivity index (χ0v) is 15.6. The van der Waals surface area contributed by atoms with E-state index in [0.717, 1.165) is 22.6 Å². The number of ether oxygens (including phenoxy) is 1. The van der Waals surface area contributed by atoms with Gasteiger partial charge >= 0.3 is 0 Å². The van der Waals surface area contributed by atoms with Crippen molar-refractivity contribution in [3.63, 3.8) is 0 Å². The van der Waals surface area contributed by atoms with Crippen LogP contribution in [0.1, 0.15) is 27.2 Å². The molecule has 0 aliphatic carbocycles. The fourth-order valence-corrected chi connectivity index (χ4v) is 2.72. The summed E-state index contributed by atoms with van der Waals surface area (Å²) in [6.07, 6.45) is 0. The molecule has 2 aromatic carbocycles. The van der Waals surface area contributed by atoms with Crippen LogP contribution < -0.4 is 10.1 Å². The molecular weight excluding hydrogens is 348 g/mol. The highest BCUT2D eigenvalue weighted by atomic mass is 35.5. The number of rotatable bonds is 4. The van der Waals surface area contributed by atoms with E-state index in [4.69, 9.17) is 16.3 Å². The highest BCUT2D eigenvalue weighted by molar-refractivity contribution is 6.33. The molecule has 0 atom stereocenters. The van der Waals surface area contributed by atoms with E-state index >= 15 is 0 Å². The Hall–Kier alpha value is -2.85. The lowest BCUT2D eigenvalue weighted by Crippen LogP contribution is -2.13. The molecule has 0 bridgehead atoms. The average molecular weight is 367 g/mol. The number of amides is 1. The smallest absolute Gasteiger partial charge is 0.258 e. The molecule has 26 heavy (non-hydrogen) atoms. The number of benzene rings is 2. The van der Waals surface area contributed by atoms with Gasteiger partial charge in [-0.3, -0.25) is 4.79 Å². The third-order valence-electron chi connectivity index (χ3n) is 4.00. The van der Waals surface area contributed by atoms with Crippen LogP contribution in [0.5, 0.6) is 11.5 Å². The monoisotopic (exact) mass is 366 g/mol. The van der Waals surface area contributed by atoms with Crippen LogP contribution in [0.2, 0.25) is 5.15 Å². The number of nitrogens with one attached hydrogen (secondary N) is 1. The summed E-state index contributed by atoms with van der Waals surface area (Å²) in [7, 11) is 0. The molecule has 0 aliphatic heterocycles. The third-order valence-corrected chi connectivity index (χ3v) is 4.29. The maximum absolute atomic E-state index is 12.4. The zero-order valence-electron chi connectivity index (χ0n) is 14.8. The number of aromatic nitrogens is 1. The minimum atomic E-state index is -0.294. The predicted molar refractivity (Wildman–Crippen MR) is 104 cm³/mol. The Bertz CT molecular complexity index is 953. The number of aryl methyl sites for hydroxylation is 3. The summed E-state index contributed by atoms with van der Waals surface area (Å²) in [5.41, 5.74) is 3.87. The molecule has 0 spiro atoms. The van der Waals surface area contributed by atoms with Gasteiger partial charge in [0.05, 0.1) is 5.56 Å². The summed E-state index contributed by atoms with van der Waals surface area (Å²) in [6.45, 7) is 5.76. The summed E-state index contributed by atoms with van der Waals surface area (Å²) < 4.78 is 5.81. The van der Waals surface area contributed by atoms with Crippen molar-refractivity contribution in [3.05, 3.63) is 82.1 Å². The van der Waals surface area contributed by atoms with Gasteiger partial charge in [0.25, 0.3) is 5.91 Å². The topological polar surface area (TPSA) is 51.2 Å². The van der Waals surface area contributed by atoms with Crippen LogP contribution in [-0.2, 0) is 0 Å². The third kappa shape index (κ3) is 4.21. The molecule has 1 aromatic heterocycles. The molecule has 1 amide bonds. The molecule has 132 valence electrons. The van der Waals surface area contributed by atoms with Crippen molar-refractivity contribution in [3.8, 4) is 11.5 Å². The molecule has 0 aliphatic rings. The van der Waals surface area contributed by atoms with Gasteiger partial charge in [0, 0.05) is 11.4 Å². The van der Waals surface area contributed by atoms with E-state index < -0.39 is 0 Å². The van der Waals surface area contributed by atoms with Crippen molar-refractivity contribution in [1.29, 1.82) is 0 Å². The summed E-state index contributed by atoms with van der Waals surface area (Å²) >= 11 is 6.10. The van der Waals surface area contributed by atoms with Crippen molar-refractivity contribution in [2.75, 3.05) is 5.32 Å². The van der Waals surface area contributed by atoms with Crippen LogP contribution in [0.4, 0.5) is 5.69 Å². The standard InChI is InChI=1S/C21H19ClN2O2/c1-13-5-4-6-18(11-13)26-17-9-7-16(8-10-17)24-21(25)19-12-14(2)15(3)23-20(19)22/h4-12H,1-3H3,(H,24,25). The van der Waals surface area contributed by atoms with E-state index in [2.05, 4.69) is 10.3 Å². The Morgan fingerprint density at radius 2 is 1.73 bits per heavy atom. The van der Waals surface area contributed by atoms with Crippen LogP contribution >= 0.6 is 11.6 Å². The Morgan fingerprint density at radius 3 is 2.42 bits per heavy atom. The first kappa shape index (κ1) is 18.0. The lowest BCUT2D eigenvalue weighted by atomic mass is 10.1. The number of carbonyl (C=O) groups excluding carboxylic acids is 1. The van der Waals surface area contributed by atoms with E-state index in [9.17, 15) is 4.79 Å². The van der Waals surface area contributed by atoms with E-state index in [1.54, 1.807) is 30.3 Å². The number of nitrogens with zero attached hydrogens (tertiary/aromatic N) is 1. The summed E-state index contributed by atoms with van der Waals surface area (Å²) in [6, 6.07) is 16.7. The minimum Gasteiger partial charge on any atom is -0.457 e. The molecule has 0 unspecified atom stereocenters. The molecule has 1 N–H and O–H groups in total. The quantitative estimate of drug-likeness (QED) is 0.602. The van der Waals surface area contributed by atoms with Gasteiger partial charge in [-0.2, -0.15) is 0 Å². The lowest BCUT2D eigenvalue weighted by molar-refractivity contribution is 0.102. The van der Waals surface area contributed by atoms with Crippen LogP contribution in [0.25, 0.3) is 0 Å². The molecule has 5 heteroatoms. The molecule has 1 heterocycles. The average Bonchev–Trinajstić information content (AvgIpc) is 2.60. The van der Waals surface area contributed by atoms with Gasteiger partial charge in [0.2, 0.25) is 0 Å². The number of pyridine rings is 1. The maximum atomic E-state index is 12.4. The number of anilines is 1. The maximum Gasteiger partial charge on any atom is 0.258 e. The Balaban J connectivity index is 1.71. The van der Waals surface area contributed by atoms with Gasteiger partial charge in [-0.05, 0) is 74.4 Å². The largest absolute Gasteiger partial charge is 0.457 e. The predicted octanol–water partition coefficient (Wildman–Crippen LogP) is 5.70. The van der Waals surface area contributed by atoms with Crippen molar-refractivity contribution in [2.24, 2.45) is 0 Å². The molecule has 0 saturated carbocycles. The molecular formula is C21H19ClN2O2. The van der Waals surface area contributed by atoms with Gasteiger partial charge in [-0.1, -0.05) is 23.7 Å². The summed E-state index contributed by atoms with van der Waals surface area (Å²) in [5.74, 6) is 1.17. The first-order chi connectivity index (χ1) is 12.4. The van der Waals surface area contributed by atoms with Crippen LogP contribution in [-0.4, -0.2) is 10.9 Å². The Morgan fingerprint density at radius 1 is 1.00 bits per heavy atom. The van der Waals surface area contributed by atoms with E-state index in [1.165, 1.54) is 0 Å². The second-order valence-corrected chi connectivity index (χ2v) is 6.48. The molecule has 0 fully saturated rings. The van der Waals surface area contributed by atoms with E-state index in [0.29, 0.717) is 17.0 Å². The van der Waals surface area contributed by atoms with Crippen molar-refractivity contribution < 1.29 is 9.53 Å². The molecule has 4 nitrogen and oxygen atoms in total. The van der Waals surface area contributed by atoms with Crippen LogP contribution in [0.15, 0.2) is 54.6 Å². The fraction of sp³-hybridized carbons (Fsp3) is 0.143. The number of hydrogen-bond donors (Lipinski definition) is 1. The molecule has 0 saturated heterocycles. The number of halogens is 1. The number of carbonyl (C=O) groups is 1.